The Labute approximate surface area is 179 Å². The molecule has 2 heterocycles. The molecule has 1 amide bonds. The lowest BCUT2D eigenvalue weighted by Crippen LogP contribution is -2.30. The Morgan fingerprint density at radius 1 is 1.32 bits per heavy atom. The summed E-state index contributed by atoms with van der Waals surface area (Å²) in [6, 6.07) is 15.3. The van der Waals surface area contributed by atoms with Crippen LogP contribution in [-0.2, 0) is 6.42 Å². The van der Waals surface area contributed by atoms with Crippen LogP contribution in [0.3, 0.4) is 0 Å². The summed E-state index contributed by atoms with van der Waals surface area (Å²) in [6.45, 7) is 3.28. The highest BCUT2D eigenvalue weighted by atomic mass is 16.5. The molecule has 158 valence electrons. The number of nitrogens with one attached hydrogen (secondary N) is 2. The molecule has 0 fully saturated rings. The van der Waals surface area contributed by atoms with Crippen molar-refractivity contribution < 1.29 is 13.9 Å². The van der Waals surface area contributed by atoms with Crippen molar-refractivity contribution in [3.63, 3.8) is 0 Å². The summed E-state index contributed by atoms with van der Waals surface area (Å²) in [7, 11) is 0. The lowest BCUT2D eigenvalue weighted by atomic mass is 10.0. The topological polar surface area (TPSA) is 117 Å². The number of carbonyl (C=O) groups excluding carboxylic acids is 1. The van der Waals surface area contributed by atoms with Gasteiger partial charge in [-0.2, -0.15) is 5.26 Å². The van der Waals surface area contributed by atoms with Crippen molar-refractivity contribution >= 4 is 27.8 Å². The number of fused-ring (bicyclic) bond motifs is 2. The zero-order valence-electron chi connectivity index (χ0n) is 17.3. The van der Waals surface area contributed by atoms with E-state index in [2.05, 4.69) is 23.3 Å². The summed E-state index contributed by atoms with van der Waals surface area (Å²) in [5.41, 5.74) is 8.76. The Bertz CT molecular complexity index is 1270. The second-order valence-corrected chi connectivity index (χ2v) is 7.58. The minimum absolute atomic E-state index is 0.122. The van der Waals surface area contributed by atoms with Gasteiger partial charge in [0.25, 0.3) is 5.91 Å². The van der Waals surface area contributed by atoms with Crippen LogP contribution in [0, 0.1) is 11.3 Å². The molecule has 7 nitrogen and oxygen atoms in total. The highest BCUT2D eigenvalue weighted by Gasteiger charge is 2.13. The van der Waals surface area contributed by atoms with Crippen molar-refractivity contribution in [2.45, 2.75) is 25.8 Å². The van der Waals surface area contributed by atoms with Gasteiger partial charge in [0, 0.05) is 35.1 Å². The Balaban J connectivity index is 1.28. The number of furan rings is 1. The van der Waals surface area contributed by atoms with Crippen molar-refractivity contribution in [1.29, 1.82) is 5.26 Å². The number of aromatic nitrogens is 1. The molecule has 1 atom stereocenters. The van der Waals surface area contributed by atoms with Crippen LogP contribution in [-0.4, -0.2) is 30.1 Å². The third-order valence-electron chi connectivity index (χ3n) is 5.35. The number of rotatable bonds is 9. The van der Waals surface area contributed by atoms with Crippen molar-refractivity contribution in [1.82, 2.24) is 10.3 Å². The number of amides is 1. The van der Waals surface area contributed by atoms with Crippen molar-refractivity contribution in [2.24, 2.45) is 5.73 Å². The van der Waals surface area contributed by atoms with Gasteiger partial charge < -0.3 is 25.2 Å². The Morgan fingerprint density at radius 2 is 2.19 bits per heavy atom. The van der Waals surface area contributed by atoms with E-state index in [-0.39, 0.29) is 5.76 Å². The number of benzene rings is 2. The van der Waals surface area contributed by atoms with E-state index in [1.807, 2.05) is 42.6 Å². The predicted octanol–water partition coefficient (Wildman–Crippen LogP) is 3.87. The van der Waals surface area contributed by atoms with Crippen molar-refractivity contribution in [2.75, 3.05) is 13.2 Å². The summed E-state index contributed by atoms with van der Waals surface area (Å²) in [4.78, 5) is 14.6. The molecule has 0 saturated carbocycles. The van der Waals surface area contributed by atoms with Gasteiger partial charge in [0.15, 0.2) is 17.1 Å². The number of aromatic amines is 1. The van der Waals surface area contributed by atoms with Gasteiger partial charge in [-0.05, 0) is 55.7 Å². The standard InChI is InChI=1S/C24H24N4O3/c1-15(5-7-18-14-28-20-8-6-16(13-25)11-19(18)20)27-9-10-30-21-4-2-3-17-12-22(24(26)29)31-23(17)21/h2-4,6,8,11-12,14-15,27-28H,5,7,9-10H2,1H3,(H2,26,29). The van der Waals surface area contributed by atoms with Crippen LogP contribution in [0.4, 0.5) is 0 Å². The van der Waals surface area contributed by atoms with Crippen LogP contribution in [0.15, 0.2) is 53.1 Å². The van der Waals surface area contributed by atoms with E-state index >= 15 is 0 Å². The molecule has 0 radical (unpaired) electrons. The van der Waals surface area contributed by atoms with Crippen molar-refractivity contribution in [3.05, 3.63) is 65.5 Å². The number of nitrogens with zero attached hydrogens (tertiary/aromatic N) is 1. The number of nitrogens with two attached hydrogens (primary N) is 1. The summed E-state index contributed by atoms with van der Waals surface area (Å²) in [5.74, 6) is 0.111. The predicted molar refractivity (Wildman–Crippen MR) is 119 cm³/mol. The number of hydrogen-bond acceptors (Lipinski definition) is 5. The average Bonchev–Trinajstić information content (AvgIpc) is 3.39. The van der Waals surface area contributed by atoms with Gasteiger partial charge >= 0.3 is 0 Å². The molecule has 0 aliphatic heterocycles. The van der Waals surface area contributed by atoms with Gasteiger partial charge in [0.05, 0.1) is 11.6 Å². The fraction of sp³-hybridized carbons (Fsp3) is 0.250. The maximum absolute atomic E-state index is 11.3. The summed E-state index contributed by atoms with van der Waals surface area (Å²) < 4.78 is 11.4. The maximum atomic E-state index is 11.3. The van der Waals surface area contributed by atoms with Crippen LogP contribution in [0.5, 0.6) is 5.75 Å². The van der Waals surface area contributed by atoms with E-state index in [1.165, 1.54) is 5.56 Å². The zero-order valence-corrected chi connectivity index (χ0v) is 17.3. The number of para-hydroxylation sites is 1. The van der Waals surface area contributed by atoms with Crippen molar-refractivity contribution in [3.8, 4) is 11.8 Å². The molecule has 0 saturated heterocycles. The quantitative estimate of drug-likeness (QED) is 0.358. The largest absolute Gasteiger partial charge is 0.488 e. The smallest absolute Gasteiger partial charge is 0.284 e. The number of ether oxygens (including phenoxy) is 1. The number of H-pyrrole nitrogens is 1. The molecular weight excluding hydrogens is 392 g/mol. The van der Waals surface area contributed by atoms with Gasteiger partial charge in [-0.1, -0.05) is 12.1 Å². The second kappa shape index (κ2) is 8.94. The molecule has 0 aliphatic rings. The average molecular weight is 416 g/mol. The van der Waals surface area contributed by atoms with Gasteiger partial charge in [-0.15, -0.1) is 0 Å². The van der Waals surface area contributed by atoms with Gasteiger partial charge in [0.1, 0.15) is 6.61 Å². The molecule has 2 aromatic heterocycles. The first-order valence-electron chi connectivity index (χ1n) is 10.2. The van der Waals surface area contributed by atoms with E-state index in [0.29, 0.717) is 36.1 Å². The first kappa shape index (κ1) is 20.5. The van der Waals surface area contributed by atoms with Crippen LogP contribution < -0.4 is 15.8 Å². The summed E-state index contributed by atoms with van der Waals surface area (Å²) >= 11 is 0. The normalized spacial score (nSPS) is 12.1. The van der Waals surface area contributed by atoms with E-state index < -0.39 is 5.91 Å². The van der Waals surface area contributed by atoms with E-state index in [9.17, 15) is 4.79 Å². The fourth-order valence-corrected chi connectivity index (χ4v) is 3.67. The molecule has 2 aromatic carbocycles. The Morgan fingerprint density at radius 3 is 3.00 bits per heavy atom. The van der Waals surface area contributed by atoms with E-state index in [4.69, 9.17) is 20.1 Å². The molecule has 0 spiro atoms. The molecule has 4 aromatic rings. The minimum Gasteiger partial charge on any atom is -0.488 e. The van der Waals surface area contributed by atoms with Crippen LogP contribution in [0.1, 0.15) is 35.0 Å². The number of carbonyl (C=O) groups is 1. The second-order valence-electron chi connectivity index (χ2n) is 7.58. The molecule has 1 unspecified atom stereocenters. The summed E-state index contributed by atoms with van der Waals surface area (Å²) in [5, 5.41) is 14.5. The fourth-order valence-electron chi connectivity index (χ4n) is 3.67. The highest BCUT2D eigenvalue weighted by molar-refractivity contribution is 5.96. The monoisotopic (exact) mass is 416 g/mol. The first-order valence-corrected chi connectivity index (χ1v) is 10.2. The minimum atomic E-state index is -0.600. The number of aryl methyl sites for hydroxylation is 1. The molecule has 31 heavy (non-hydrogen) atoms. The van der Waals surface area contributed by atoms with Crippen LogP contribution in [0.25, 0.3) is 21.9 Å². The molecular formula is C24H24N4O3. The summed E-state index contributed by atoms with van der Waals surface area (Å²) in [6.07, 6.45) is 3.89. The number of hydrogen-bond donors (Lipinski definition) is 3. The zero-order chi connectivity index (χ0) is 21.8. The molecule has 0 aliphatic carbocycles. The molecule has 4 rings (SSSR count). The van der Waals surface area contributed by atoms with E-state index in [0.717, 1.165) is 29.1 Å². The molecule has 0 bridgehead atoms. The van der Waals surface area contributed by atoms with Crippen LogP contribution >= 0.6 is 0 Å². The van der Waals surface area contributed by atoms with E-state index in [1.54, 1.807) is 6.07 Å². The maximum Gasteiger partial charge on any atom is 0.284 e. The van der Waals surface area contributed by atoms with Crippen LogP contribution in [0.2, 0.25) is 0 Å². The lowest BCUT2D eigenvalue weighted by Gasteiger charge is -2.14. The van der Waals surface area contributed by atoms with Gasteiger partial charge in [0.2, 0.25) is 0 Å². The lowest BCUT2D eigenvalue weighted by molar-refractivity contribution is 0.0976. The third-order valence-corrected chi connectivity index (χ3v) is 5.35. The van der Waals surface area contributed by atoms with Gasteiger partial charge in [-0.25, -0.2) is 0 Å². The number of nitriles is 1. The Hall–Kier alpha value is -3.76. The first-order chi connectivity index (χ1) is 15.0. The SMILES string of the molecule is CC(CCc1c[nH]c2ccc(C#N)cc12)NCCOc1cccc2cc(C(N)=O)oc12. The third kappa shape index (κ3) is 4.55. The Kier molecular flexibility index (Phi) is 5.92. The molecule has 7 heteroatoms. The highest BCUT2D eigenvalue weighted by Crippen LogP contribution is 2.28. The number of primary amides is 1. The van der Waals surface area contributed by atoms with Gasteiger partial charge in [-0.3, -0.25) is 4.79 Å². The molecule has 4 N–H and O–H groups in total.